The number of hydrogen-bond acceptors (Lipinski definition) is 8. The summed E-state index contributed by atoms with van der Waals surface area (Å²) >= 11 is 0. The number of pyridine rings is 1. The van der Waals surface area contributed by atoms with Gasteiger partial charge in [-0.15, -0.1) is 0 Å². The lowest BCUT2D eigenvalue weighted by Crippen LogP contribution is -2.46. The smallest absolute Gasteiger partial charge is 0.329 e. The minimum Gasteiger partial charge on any atom is -0.497 e. The highest BCUT2D eigenvalue weighted by Crippen LogP contribution is 2.42. The number of ether oxygens (including phenoxy) is 4. The quantitative estimate of drug-likeness (QED) is 0.279. The highest BCUT2D eigenvalue weighted by atomic mass is 19.1. The van der Waals surface area contributed by atoms with Gasteiger partial charge in [-0.05, 0) is 17.7 Å². The van der Waals surface area contributed by atoms with Crippen LogP contribution >= 0.6 is 0 Å². The molecule has 4 heterocycles. The molecule has 2 amide bonds. The van der Waals surface area contributed by atoms with E-state index in [2.05, 4.69) is 4.90 Å². The third kappa shape index (κ3) is 5.26. The monoisotopic (exact) mass is 608 g/mol. The summed E-state index contributed by atoms with van der Waals surface area (Å²) in [6, 6.07) is 8.23. The van der Waals surface area contributed by atoms with Crippen LogP contribution in [-0.2, 0) is 24.2 Å². The van der Waals surface area contributed by atoms with Gasteiger partial charge in [0.05, 0.1) is 64.4 Å². The van der Waals surface area contributed by atoms with E-state index < -0.39 is 23.4 Å². The van der Waals surface area contributed by atoms with Gasteiger partial charge in [-0.2, -0.15) is 5.10 Å². The van der Waals surface area contributed by atoms with E-state index in [4.69, 9.17) is 29.0 Å². The molecule has 6 rings (SSSR count). The lowest BCUT2D eigenvalue weighted by molar-refractivity contribution is 0.0383. The van der Waals surface area contributed by atoms with E-state index in [-0.39, 0.29) is 18.0 Å². The molecule has 232 valence electrons. The molecule has 2 aromatic heterocycles. The molecule has 0 spiro atoms. The van der Waals surface area contributed by atoms with Crippen LogP contribution in [-0.4, -0.2) is 86.9 Å². The van der Waals surface area contributed by atoms with E-state index >= 15 is 8.78 Å². The van der Waals surface area contributed by atoms with Crippen LogP contribution in [0.2, 0.25) is 0 Å². The number of nitrogens with zero attached hydrogens (tertiary/aromatic N) is 6. The zero-order valence-electron chi connectivity index (χ0n) is 25.1. The Labute approximate surface area is 253 Å². The zero-order valence-corrected chi connectivity index (χ0v) is 25.1. The predicted molar refractivity (Wildman–Crippen MR) is 160 cm³/mol. The van der Waals surface area contributed by atoms with E-state index in [0.717, 1.165) is 53.0 Å². The van der Waals surface area contributed by atoms with Crippen LogP contribution in [0.25, 0.3) is 11.0 Å². The number of methoxy groups -OCH3 is 3. The number of fused-ring (bicyclic) bond motifs is 3. The molecular formula is C31H34F2N6O5. The molecule has 0 atom stereocenters. The predicted octanol–water partition coefficient (Wildman–Crippen LogP) is 4.23. The van der Waals surface area contributed by atoms with E-state index in [9.17, 15) is 4.79 Å². The molecule has 11 nitrogen and oxygen atoms in total. The number of urea groups is 1. The molecule has 1 saturated heterocycles. The van der Waals surface area contributed by atoms with Crippen LogP contribution in [0.3, 0.4) is 0 Å². The first-order valence-corrected chi connectivity index (χ1v) is 14.3. The van der Waals surface area contributed by atoms with Crippen LogP contribution in [0, 0.1) is 11.6 Å². The van der Waals surface area contributed by atoms with Crippen molar-refractivity contribution < 1.29 is 32.5 Å². The maximum Gasteiger partial charge on any atom is 0.329 e. The molecule has 13 heteroatoms. The Morgan fingerprint density at radius 1 is 0.955 bits per heavy atom. The second-order valence-electron chi connectivity index (χ2n) is 10.7. The molecule has 2 aliphatic heterocycles. The number of morpholine rings is 1. The van der Waals surface area contributed by atoms with E-state index in [1.807, 2.05) is 28.9 Å². The van der Waals surface area contributed by atoms with Crippen molar-refractivity contribution in [2.24, 2.45) is 0 Å². The van der Waals surface area contributed by atoms with Gasteiger partial charge in [0.2, 0.25) is 0 Å². The van der Waals surface area contributed by atoms with Crippen LogP contribution in [0.4, 0.5) is 25.0 Å². The molecule has 0 unspecified atom stereocenters. The van der Waals surface area contributed by atoms with Crippen LogP contribution in [0.5, 0.6) is 17.2 Å². The van der Waals surface area contributed by atoms with Gasteiger partial charge >= 0.3 is 6.03 Å². The number of benzene rings is 2. The van der Waals surface area contributed by atoms with Crippen molar-refractivity contribution in [2.45, 2.75) is 19.5 Å². The molecule has 4 aromatic rings. The molecule has 44 heavy (non-hydrogen) atoms. The number of aromatic nitrogens is 3. The second kappa shape index (κ2) is 12.2. The topological polar surface area (TPSA) is 94.4 Å². The minimum absolute atomic E-state index is 0.113. The highest BCUT2D eigenvalue weighted by Gasteiger charge is 2.37. The third-order valence-corrected chi connectivity index (χ3v) is 8.14. The first-order valence-electron chi connectivity index (χ1n) is 14.3. The Bertz CT molecular complexity index is 1660. The Kier molecular flexibility index (Phi) is 8.23. The van der Waals surface area contributed by atoms with Gasteiger partial charge in [-0.1, -0.05) is 12.1 Å². The van der Waals surface area contributed by atoms with Gasteiger partial charge in [0.1, 0.15) is 11.4 Å². The van der Waals surface area contributed by atoms with E-state index in [1.54, 1.807) is 20.4 Å². The summed E-state index contributed by atoms with van der Waals surface area (Å²) in [5, 5.41) is 5.73. The van der Waals surface area contributed by atoms with Crippen molar-refractivity contribution in [3.63, 3.8) is 0 Å². The number of hydrogen-bond donors (Lipinski definition) is 0. The molecule has 0 saturated carbocycles. The van der Waals surface area contributed by atoms with Gasteiger partial charge < -0.3 is 18.9 Å². The molecule has 2 aromatic carbocycles. The lowest BCUT2D eigenvalue weighted by Gasteiger charge is -2.35. The number of amides is 2. The molecule has 2 aliphatic rings. The maximum atomic E-state index is 15.5. The number of halogens is 2. The SMILES string of the molecule is COc1ccc(Cn2nc(CCN3CCOCC3)c3c4c(cnc32)CN(c2c(F)c(OC)cc(OC)c2F)C(=O)N4C)cc1. The van der Waals surface area contributed by atoms with Crippen molar-refractivity contribution in [3.05, 3.63) is 65.0 Å². The normalized spacial score (nSPS) is 15.5. The Balaban J connectivity index is 1.43. The fourth-order valence-electron chi connectivity index (χ4n) is 5.81. The van der Waals surface area contributed by atoms with Crippen LogP contribution in [0.1, 0.15) is 16.8 Å². The largest absolute Gasteiger partial charge is 0.497 e. The van der Waals surface area contributed by atoms with Gasteiger partial charge in [0.15, 0.2) is 28.8 Å². The number of anilines is 2. The van der Waals surface area contributed by atoms with Crippen LogP contribution < -0.4 is 24.0 Å². The summed E-state index contributed by atoms with van der Waals surface area (Å²) in [5.41, 5.74) is 3.10. The van der Waals surface area contributed by atoms with Crippen LogP contribution in [0.15, 0.2) is 36.5 Å². The first kappa shape index (κ1) is 29.6. The van der Waals surface area contributed by atoms with Gasteiger partial charge in [0.25, 0.3) is 0 Å². The third-order valence-electron chi connectivity index (χ3n) is 8.14. The molecule has 0 N–H and O–H groups in total. The zero-order chi connectivity index (χ0) is 31.0. The Morgan fingerprint density at radius 2 is 1.64 bits per heavy atom. The molecular weight excluding hydrogens is 574 g/mol. The minimum atomic E-state index is -0.997. The maximum absolute atomic E-state index is 15.5. The van der Waals surface area contributed by atoms with Gasteiger partial charge in [-0.3, -0.25) is 14.7 Å². The molecule has 0 radical (unpaired) electrons. The molecule has 1 fully saturated rings. The summed E-state index contributed by atoms with van der Waals surface area (Å²) < 4.78 is 53.8. The van der Waals surface area contributed by atoms with E-state index in [1.165, 1.54) is 19.1 Å². The summed E-state index contributed by atoms with van der Waals surface area (Å²) in [7, 11) is 5.74. The average molecular weight is 609 g/mol. The van der Waals surface area contributed by atoms with Crippen molar-refractivity contribution in [1.82, 2.24) is 19.7 Å². The Hall–Kier alpha value is -4.49. The number of carbonyl (C=O) groups excluding carboxylic acids is 1. The summed E-state index contributed by atoms with van der Waals surface area (Å²) in [5.74, 6) is -1.72. The Morgan fingerprint density at radius 3 is 2.27 bits per heavy atom. The molecule has 0 bridgehead atoms. The van der Waals surface area contributed by atoms with E-state index in [0.29, 0.717) is 43.1 Å². The van der Waals surface area contributed by atoms with Gasteiger partial charge in [-0.25, -0.2) is 23.2 Å². The average Bonchev–Trinajstić information content (AvgIpc) is 3.40. The highest BCUT2D eigenvalue weighted by molar-refractivity contribution is 6.11. The fourth-order valence-corrected chi connectivity index (χ4v) is 5.81. The van der Waals surface area contributed by atoms with Crippen molar-refractivity contribution in [2.75, 3.05) is 71.0 Å². The lowest BCUT2D eigenvalue weighted by atomic mass is 10.0. The van der Waals surface area contributed by atoms with Crippen molar-refractivity contribution >= 4 is 28.4 Å². The first-order chi connectivity index (χ1) is 21.3. The van der Waals surface area contributed by atoms with Crippen molar-refractivity contribution in [3.8, 4) is 17.2 Å². The van der Waals surface area contributed by atoms with Crippen molar-refractivity contribution in [1.29, 1.82) is 0 Å². The number of rotatable bonds is 9. The standard InChI is InChI=1S/C31H34F2N6O5/c1-36-28-20(18-38(31(36)40)29-26(32)23(42-3)15-24(43-4)27(29)33)16-34-30-25(28)22(9-10-37-11-13-44-14-12-37)35-39(30)17-19-5-7-21(41-2)8-6-19/h5-8,15-16H,9-14,17-18H2,1-4H3. The summed E-state index contributed by atoms with van der Waals surface area (Å²) in [6.07, 6.45) is 2.26. The molecule has 0 aliphatic carbocycles. The number of carbonyl (C=O) groups is 1. The summed E-state index contributed by atoms with van der Waals surface area (Å²) in [4.78, 5) is 23.4. The fraction of sp³-hybridized carbons (Fsp3) is 0.387. The second-order valence-corrected chi connectivity index (χ2v) is 10.7. The van der Waals surface area contributed by atoms with Gasteiger partial charge in [0, 0.05) is 50.9 Å². The summed E-state index contributed by atoms with van der Waals surface area (Å²) in [6.45, 7) is 4.11.